The maximum absolute atomic E-state index is 14.0. The molecule has 0 spiro atoms. The van der Waals surface area contributed by atoms with E-state index in [0.29, 0.717) is 13.0 Å². The number of nitrogens with two attached hydrogens (primary N) is 1. The van der Waals surface area contributed by atoms with Gasteiger partial charge in [0.05, 0.1) is 0 Å². The smallest absolute Gasteiger partial charge is 0.128 e. The Morgan fingerprint density at radius 2 is 1.90 bits per heavy atom. The molecular weight excluding hydrogens is 253 g/mol. The number of rotatable bonds is 5. The number of hydrogen-bond acceptors (Lipinski definition) is 3. The zero-order valence-corrected chi connectivity index (χ0v) is 12.0. The molecule has 0 amide bonds. The van der Waals surface area contributed by atoms with Gasteiger partial charge in [0.2, 0.25) is 0 Å². The normalized spacial score (nSPS) is 20.4. The first-order chi connectivity index (χ1) is 9.78. The summed E-state index contributed by atoms with van der Waals surface area (Å²) in [4.78, 5) is 4.87. The third-order valence-electron chi connectivity index (χ3n) is 4.41. The molecule has 110 valence electrons. The maximum Gasteiger partial charge on any atom is 0.128 e. The lowest BCUT2D eigenvalue weighted by molar-refractivity contribution is 0.248. The first kappa shape index (κ1) is 13.8. The minimum atomic E-state index is -0.117. The van der Waals surface area contributed by atoms with Crippen molar-refractivity contribution in [3.63, 3.8) is 0 Å². The van der Waals surface area contributed by atoms with Gasteiger partial charge < -0.3 is 10.6 Å². The molecule has 3 nitrogen and oxygen atoms in total. The van der Waals surface area contributed by atoms with Crippen molar-refractivity contribution in [3.8, 4) is 0 Å². The van der Waals surface area contributed by atoms with Crippen LogP contribution in [-0.4, -0.2) is 44.2 Å². The molecule has 1 aliphatic heterocycles. The van der Waals surface area contributed by atoms with Crippen LogP contribution >= 0.6 is 0 Å². The Kier molecular flexibility index (Phi) is 4.22. The van der Waals surface area contributed by atoms with Crippen molar-refractivity contribution >= 4 is 5.69 Å². The van der Waals surface area contributed by atoms with Gasteiger partial charge in [0.15, 0.2) is 0 Å². The number of benzene rings is 1. The molecule has 0 bridgehead atoms. The summed E-state index contributed by atoms with van der Waals surface area (Å²) in [5, 5.41) is 0. The lowest BCUT2D eigenvalue weighted by atomic mass is 10.1. The van der Waals surface area contributed by atoms with Gasteiger partial charge in [-0.3, -0.25) is 4.90 Å². The van der Waals surface area contributed by atoms with Crippen molar-refractivity contribution in [2.24, 2.45) is 11.7 Å². The van der Waals surface area contributed by atoms with E-state index < -0.39 is 0 Å². The topological polar surface area (TPSA) is 32.5 Å². The number of halogens is 1. The van der Waals surface area contributed by atoms with Crippen molar-refractivity contribution in [2.75, 3.05) is 44.2 Å². The Balaban J connectivity index is 1.66. The number of piperazine rings is 1. The molecule has 0 unspecified atom stereocenters. The first-order valence-electron chi connectivity index (χ1n) is 7.72. The minimum absolute atomic E-state index is 0.117. The fourth-order valence-electron chi connectivity index (χ4n) is 3.07. The van der Waals surface area contributed by atoms with Gasteiger partial charge in [0.1, 0.15) is 5.82 Å². The largest absolute Gasteiger partial charge is 0.369 e. The average Bonchev–Trinajstić information content (AvgIpc) is 3.26. The number of nitrogens with zero attached hydrogens (tertiary/aromatic N) is 2. The molecule has 1 aliphatic carbocycles. The molecule has 0 aromatic heterocycles. The second kappa shape index (κ2) is 6.10. The summed E-state index contributed by atoms with van der Waals surface area (Å²) in [6.07, 6.45) is 3.43. The van der Waals surface area contributed by atoms with E-state index in [2.05, 4.69) is 9.80 Å². The molecule has 1 saturated heterocycles. The van der Waals surface area contributed by atoms with Crippen LogP contribution in [0.2, 0.25) is 0 Å². The summed E-state index contributed by atoms with van der Waals surface area (Å²) >= 11 is 0. The highest BCUT2D eigenvalue weighted by Gasteiger charge is 2.27. The highest BCUT2D eigenvalue weighted by Crippen LogP contribution is 2.30. The molecule has 2 aliphatic rings. The van der Waals surface area contributed by atoms with Crippen molar-refractivity contribution in [1.29, 1.82) is 0 Å². The maximum atomic E-state index is 14.0. The Hall–Kier alpha value is -1.13. The fourth-order valence-corrected chi connectivity index (χ4v) is 3.07. The Labute approximate surface area is 120 Å². The van der Waals surface area contributed by atoms with E-state index in [1.165, 1.54) is 25.5 Å². The van der Waals surface area contributed by atoms with Crippen LogP contribution in [0.15, 0.2) is 18.2 Å². The zero-order valence-electron chi connectivity index (χ0n) is 12.0. The lowest BCUT2D eigenvalue weighted by Crippen LogP contribution is -2.47. The van der Waals surface area contributed by atoms with Gasteiger partial charge in [-0.2, -0.15) is 0 Å². The third kappa shape index (κ3) is 3.13. The summed E-state index contributed by atoms with van der Waals surface area (Å²) in [5.74, 6) is 0.830. The van der Waals surface area contributed by atoms with Gasteiger partial charge in [0.25, 0.3) is 0 Å². The predicted molar refractivity (Wildman–Crippen MR) is 80.5 cm³/mol. The third-order valence-corrected chi connectivity index (χ3v) is 4.41. The summed E-state index contributed by atoms with van der Waals surface area (Å²) < 4.78 is 14.0. The van der Waals surface area contributed by atoms with Crippen LogP contribution in [0, 0.1) is 11.7 Å². The molecule has 0 radical (unpaired) electrons. The van der Waals surface area contributed by atoms with Gasteiger partial charge in [-0.1, -0.05) is 6.07 Å². The van der Waals surface area contributed by atoms with E-state index in [1.54, 1.807) is 6.07 Å². The summed E-state index contributed by atoms with van der Waals surface area (Å²) in [6, 6.07) is 5.38. The molecular formula is C16H24FN3. The number of hydrogen-bond donors (Lipinski definition) is 1. The highest BCUT2D eigenvalue weighted by molar-refractivity contribution is 5.54. The van der Waals surface area contributed by atoms with Gasteiger partial charge in [-0.15, -0.1) is 0 Å². The van der Waals surface area contributed by atoms with Crippen molar-refractivity contribution in [2.45, 2.75) is 19.3 Å². The standard InChI is InChI=1S/C16H24FN3/c17-15-2-1-3-16(14(15)6-7-18)20-10-8-19(9-11-20)12-13-4-5-13/h1-3,13H,4-12,18H2. The Morgan fingerprint density at radius 3 is 2.55 bits per heavy atom. The Morgan fingerprint density at radius 1 is 1.15 bits per heavy atom. The monoisotopic (exact) mass is 277 g/mol. The molecule has 3 rings (SSSR count). The molecule has 4 heteroatoms. The van der Waals surface area contributed by atoms with Gasteiger partial charge in [0, 0.05) is 44.0 Å². The van der Waals surface area contributed by atoms with Crippen LogP contribution in [0.5, 0.6) is 0 Å². The van der Waals surface area contributed by atoms with E-state index in [4.69, 9.17) is 5.73 Å². The van der Waals surface area contributed by atoms with E-state index >= 15 is 0 Å². The predicted octanol–water partition coefficient (Wildman–Crippen LogP) is 1.86. The average molecular weight is 277 g/mol. The van der Waals surface area contributed by atoms with Crippen LogP contribution in [0.25, 0.3) is 0 Å². The molecule has 1 saturated carbocycles. The SMILES string of the molecule is NCCc1c(F)cccc1N1CCN(CC2CC2)CC1. The van der Waals surface area contributed by atoms with Crippen LogP contribution in [-0.2, 0) is 6.42 Å². The quantitative estimate of drug-likeness (QED) is 0.891. The van der Waals surface area contributed by atoms with Crippen molar-refractivity contribution in [1.82, 2.24) is 4.90 Å². The van der Waals surface area contributed by atoms with E-state index in [-0.39, 0.29) is 5.82 Å². The van der Waals surface area contributed by atoms with Crippen LogP contribution in [0.3, 0.4) is 0 Å². The van der Waals surface area contributed by atoms with Gasteiger partial charge >= 0.3 is 0 Å². The van der Waals surface area contributed by atoms with E-state index in [0.717, 1.165) is 43.3 Å². The summed E-state index contributed by atoms with van der Waals surface area (Å²) in [5.41, 5.74) is 7.44. The molecule has 1 aromatic rings. The van der Waals surface area contributed by atoms with Crippen molar-refractivity contribution < 1.29 is 4.39 Å². The zero-order chi connectivity index (χ0) is 13.9. The van der Waals surface area contributed by atoms with Crippen LogP contribution < -0.4 is 10.6 Å². The van der Waals surface area contributed by atoms with E-state index in [9.17, 15) is 4.39 Å². The molecule has 2 fully saturated rings. The second-order valence-corrected chi connectivity index (χ2v) is 6.01. The summed E-state index contributed by atoms with van der Waals surface area (Å²) in [6.45, 7) is 5.92. The first-order valence-corrected chi connectivity index (χ1v) is 7.72. The lowest BCUT2D eigenvalue weighted by Gasteiger charge is -2.37. The van der Waals surface area contributed by atoms with Gasteiger partial charge in [-0.05, 0) is 43.9 Å². The second-order valence-electron chi connectivity index (χ2n) is 6.01. The van der Waals surface area contributed by atoms with Crippen LogP contribution in [0.1, 0.15) is 18.4 Å². The molecule has 1 heterocycles. The molecule has 20 heavy (non-hydrogen) atoms. The van der Waals surface area contributed by atoms with Crippen molar-refractivity contribution in [3.05, 3.63) is 29.6 Å². The van der Waals surface area contributed by atoms with Crippen LogP contribution in [0.4, 0.5) is 10.1 Å². The minimum Gasteiger partial charge on any atom is -0.369 e. The van der Waals surface area contributed by atoms with E-state index in [1.807, 2.05) is 6.07 Å². The summed E-state index contributed by atoms with van der Waals surface area (Å²) in [7, 11) is 0. The number of anilines is 1. The molecule has 1 aromatic carbocycles. The highest BCUT2D eigenvalue weighted by atomic mass is 19.1. The Bertz CT molecular complexity index is 451. The van der Waals surface area contributed by atoms with Gasteiger partial charge in [-0.25, -0.2) is 4.39 Å². The fraction of sp³-hybridized carbons (Fsp3) is 0.625. The molecule has 2 N–H and O–H groups in total. The molecule has 0 atom stereocenters.